The number of rotatable bonds is 5. The Morgan fingerprint density at radius 1 is 1.08 bits per heavy atom. The van der Waals surface area contributed by atoms with E-state index in [-0.39, 0.29) is 0 Å². The molecule has 1 aliphatic heterocycles. The van der Waals surface area contributed by atoms with E-state index in [1.54, 1.807) is 6.21 Å². The zero-order chi connectivity index (χ0) is 17.6. The number of aryl methyl sites for hydroxylation is 1. The van der Waals surface area contributed by atoms with Gasteiger partial charge in [0, 0.05) is 38.9 Å². The van der Waals surface area contributed by atoms with Crippen molar-refractivity contribution in [3.05, 3.63) is 41.7 Å². The molecule has 0 spiro atoms. The van der Waals surface area contributed by atoms with Gasteiger partial charge in [0.1, 0.15) is 11.6 Å². The molecule has 1 fully saturated rings. The van der Waals surface area contributed by atoms with E-state index in [0.717, 1.165) is 36.1 Å². The van der Waals surface area contributed by atoms with E-state index in [2.05, 4.69) is 42.4 Å². The van der Waals surface area contributed by atoms with Gasteiger partial charge in [-0.05, 0) is 43.9 Å². The van der Waals surface area contributed by atoms with Crippen LogP contribution in [0.4, 0.5) is 17.3 Å². The highest BCUT2D eigenvalue weighted by Crippen LogP contribution is 2.20. The predicted molar refractivity (Wildman–Crippen MR) is 105 cm³/mol. The Morgan fingerprint density at radius 3 is 2.48 bits per heavy atom. The first kappa shape index (κ1) is 17.2. The maximum absolute atomic E-state index is 4.57. The van der Waals surface area contributed by atoms with Crippen LogP contribution in [-0.2, 0) is 0 Å². The van der Waals surface area contributed by atoms with Crippen molar-refractivity contribution in [2.75, 3.05) is 42.4 Å². The number of aromatic nitrogens is 2. The largest absolute Gasteiger partial charge is 0.378 e. The van der Waals surface area contributed by atoms with Crippen LogP contribution in [0.15, 0.2) is 35.4 Å². The molecule has 6 heteroatoms. The van der Waals surface area contributed by atoms with Gasteiger partial charge in [0.25, 0.3) is 0 Å². The molecule has 1 aliphatic rings. The van der Waals surface area contributed by atoms with E-state index in [4.69, 9.17) is 0 Å². The standard InChI is InChI=1S/C19H26N6/c1-15-21-18(13-19(22-15)25-11-5-4-6-12-25)23-20-14-16-7-9-17(10-8-16)24(2)3/h7-10,13-14H,4-6,11-12H2,1-3H3,(H,21,22,23). The maximum Gasteiger partial charge on any atom is 0.152 e. The fraction of sp³-hybridized carbons (Fsp3) is 0.421. The molecule has 2 aromatic rings. The molecule has 1 saturated heterocycles. The summed E-state index contributed by atoms with van der Waals surface area (Å²) in [6, 6.07) is 10.2. The molecule has 3 rings (SSSR count). The van der Waals surface area contributed by atoms with Crippen LogP contribution >= 0.6 is 0 Å². The van der Waals surface area contributed by atoms with Gasteiger partial charge in [-0.3, -0.25) is 5.43 Å². The molecule has 0 unspecified atom stereocenters. The van der Waals surface area contributed by atoms with Crippen molar-refractivity contribution < 1.29 is 0 Å². The summed E-state index contributed by atoms with van der Waals surface area (Å²) in [5.41, 5.74) is 5.24. The first-order chi connectivity index (χ1) is 12.1. The van der Waals surface area contributed by atoms with E-state index >= 15 is 0 Å². The van der Waals surface area contributed by atoms with Crippen LogP contribution in [-0.4, -0.2) is 43.4 Å². The van der Waals surface area contributed by atoms with Crippen molar-refractivity contribution in [3.8, 4) is 0 Å². The summed E-state index contributed by atoms with van der Waals surface area (Å²) >= 11 is 0. The Labute approximate surface area is 149 Å². The van der Waals surface area contributed by atoms with Crippen molar-refractivity contribution in [1.82, 2.24) is 9.97 Å². The summed E-state index contributed by atoms with van der Waals surface area (Å²) in [4.78, 5) is 13.4. The number of nitrogens with one attached hydrogen (secondary N) is 1. The predicted octanol–water partition coefficient (Wildman–Crippen LogP) is 3.29. The maximum atomic E-state index is 4.57. The fourth-order valence-electron chi connectivity index (χ4n) is 2.93. The van der Waals surface area contributed by atoms with Gasteiger partial charge >= 0.3 is 0 Å². The van der Waals surface area contributed by atoms with Crippen LogP contribution in [0.3, 0.4) is 0 Å². The molecule has 0 saturated carbocycles. The Balaban J connectivity index is 1.66. The third-order valence-electron chi connectivity index (χ3n) is 4.31. The van der Waals surface area contributed by atoms with Crippen molar-refractivity contribution in [3.63, 3.8) is 0 Å². The van der Waals surface area contributed by atoms with Crippen molar-refractivity contribution in [2.24, 2.45) is 5.10 Å². The van der Waals surface area contributed by atoms with E-state index in [1.807, 2.05) is 39.2 Å². The summed E-state index contributed by atoms with van der Waals surface area (Å²) in [6.45, 7) is 4.05. The van der Waals surface area contributed by atoms with Crippen LogP contribution in [0.25, 0.3) is 0 Å². The second-order valence-electron chi connectivity index (χ2n) is 6.56. The Kier molecular flexibility index (Phi) is 5.48. The third-order valence-corrected chi connectivity index (χ3v) is 4.31. The van der Waals surface area contributed by atoms with Crippen LogP contribution in [0.1, 0.15) is 30.7 Å². The van der Waals surface area contributed by atoms with Crippen molar-refractivity contribution >= 4 is 23.5 Å². The van der Waals surface area contributed by atoms with Crippen LogP contribution < -0.4 is 15.2 Å². The van der Waals surface area contributed by atoms with Gasteiger partial charge in [0.15, 0.2) is 5.82 Å². The molecule has 0 amide bonds. The zero-order valence-corrected chi connectivity index (χ0v) is 15.2. The molecular formula is C19H26N6. The van der Waals surface area contributed by atoms with Gasteiger partial charge in [0.05, 0.1) is 6.21 Å². The molecule has 1 aromatic heterocycles. The lowest BCUT2D eigenvalue weighted by molar-refractivity contribution is 0.572. The smallest absolute Gasteiger partial charge is 0.152 e. The van der Waals surface area contributed by atoms with Gasteiger partial charge in [-0.2, -0.15) is 5.10 Å². The molecule has 0 bridgehead atoms. The van der Waals surface area contributed by atoms with Crippen LogP contribution in [0.2, 0.25) is 0 Å². The highest BCUT2D eigenvalue weighted by molar-refractivity contribution is 5.80. The van der Waals surface area contributed by atoms with Crippen molar-refractivity contribution in [2.45, 2.75) is 26.2 Å². The van der Waals surface area contributed by atoms with Gasteiger partial charge in [-0.15, -0.1) is 0 Å². The molecule has 0 atom stereocenters. The zero-order valence-electron chi connectivity index (χ0n) is 15.2. The van der Waals surface area contributed by atoms with Gasteiger partial charge in [-0.1, -0.05) is 12.1 Å². The highest BCUT2D eigenvalue weighted by Gasteiger charge is 2.13. The normalized spacial score (nSPS) is 14.8. The molecule has 0 aliphatic carbocycles. The molecule has 1 N–H and O–H groups in total. The summed E-state index contributed by atoms with van der Waals surface area (Å²) in [6.07, 6.45) is 5.57. The molecule has 2 heterocycles. The molecule has 25 heavy (non-hydrogen) atoms. The molecule has 132 valence electrons. The number of anilines is 3. The van der Waals surface area contributed by atoms with E-state index in [0.29, 0.717) is 0 Å². The molecule has 0 radical (unpaired) electrons. The summed E-state index contributed by atoms with van der Waals surface area (Å²) in [5, 5.41) is 4.32. The molecule has 1 aromatic carbocycles. The Hall–Kier alpha value is -2.63. The number of hydrogen-bond donors (Lipinski definition) is 1. The third kappa shape index (κ3) is 4.68. The fourth-order valence-corrected chi connectivity index (χ4v) is 2.93. The monoisotopic (exact) mass is 338 g/mol. The summed E-state index contributed by atoms with van der Waals surface area (Å²) < 4.78 is 0. The Bertz CT molecular complexity index is 717. The average Bonchev–Trinajstić information content (AvgIpc) is 2.62. The quantitative estimate of drug-likeness (QED) is 0.670. The van der Waals surface area contributed by atoms with Crippen molar-refractivity contribution in [1.29, 1.82) is 0 Å². The first-order valence-corrected chi connectivity index (χ1v) is 8.79. The molecular weight excluding hydrogens is 312 g/mol. The number of nitrogens with zero attached hydrogens (tertiary/aromatic N) is 5. The Morgan fingerprint density at radius 2 is 1.80 bits per heavy atom. The highest BCUT2D eigenvalue weighted by atomic mass is 15.3. The second-order valence-corrected chi connectivity index (χ2v) is 6.56. The minimum Gasteiger partial charge on any atom is -0.378 e. The lowest BCUT2D eigenvalue weighted by Crippen LogP contribution is -2.30. The van der Waals surface area contributed by atoms with E-state index in [9.17, 15) is 0 Å². The topological polar surface area (TPSA) is 56.7 Å². The lowest BCUT2D eigenvalue weighted by Gasteiger charge is -2.27. The number of hydrogen-bond acceptors (Lipinski definition) is 6. The van der Waals surface area contributed by atoms with Gasteiger partial charge < -0.3 is 9.80 Å². The summed E-state index contributed by atoms with van der Waals surface area (Å²) in [5.74, 6) is 2.48. The number of benzene rings is 1. The first-order valence-electron chi connectivity index (χ1n) is 8.79. The minimum absolute atomic E-state index is 0.731. The van der Waals surface area contributed by atoms with Crippen LogP contribution in [0.5, 0.6) is 0 Å². The second kappa shape index (κ2) is 7.96. The number of hydrazone groups is 1. The number of piperidine rings is 1. The average molecular weight is 338 g/mol. The lowest BCUT2D eigenvalue weighted by atomic mass is 10.1. The minimum atomic E-state index is 0.731. The molecule has 6 nitrogen and oxygen atoms in total. The van der Waals surface area contributed by atoms with Gasteiger partial charge in [0.2, 0.25) is 0 Å². The SMILES string of the molecule is Cc1nc(NN=Cc2ccc(N(C)C)cc2)cc(N2CCCCC2)n1. The van der Waals surface area contributed by atoms with E-state index < -0.39 is 0 Å². The van der Waals surface area contributed by atoms with E-state index in [1.165, 1.54) is 24.9 Å². The van der Waals surface area contributed by atoms with Gasteiger partial charge in [-0.25, -0.2) is 9.97 Å². The summed E-state index contributed by atoms with van der Waals surface area (Å²) in [7, 11) is 4.06. The van der Waals surface area contributed by atoms with Crippen LogP contribution in [0, 0.1) is 6.92 Å².